The minimum atomic E-state index is -4.12. The molecule has 0 aliphatic rings. The summed E-state index contributed by atoms with van der Waals surface area (Å²) in [4.78, 5) is 11.1. The standard InChI is InChI=1S/C12H18FN3O3S.ClH/c1-2-5-15-6-7-16-12(17)9-3-4-11(10(13)8-9)20(14,18)19;/h3-4,8,15H,2,5-7H2,1H3,(H,16,17)(H2,14,18,19);1H. The third-order valence-corrected chi connectivity index (χ3v) is 3.46. The van der Waals surface area contributed by atoms with Gasteiger partial charge in [-0.15, -0.1) is 12.4 Å². The quantitative estimate of drug-likeness (QED) is 0.634. The lowest BCUT2D eigenvalue weighted by molar-refractivity contribution is 0.0953. The molecule has 1 aromatic carbocycles. The van der Waals surface area contributed by atoms with Crippen LogP contribution < -0.4 is 15.8 Å². The van der Waals surface area contributed by atoms with E-state index in [1.165, 1.54) is 6.07 Å². The summed E-state index contributed by atoms with van der Waals surface area (Å²) < 4.78 is 35.6. The van der Waals surface area contributed by atoms with Crippen LogP contribution in [0.5, 0.6) is 0 Å². The predicted octanol–water partition coefficient (Wildman–Crippen LogP) is 0.624. The zero-order valence-corrected chi connectivity index (χ0v) is 13.2. The minimum absolute atomic E-state index is 0. The first-order valence-corrected chi connectivity index (χ1v) is 7.72. The van der Waals surface area contributed by atoms with Crippen LogP contribution in [-0.2, 0) is 10.0 Å². The highest BCUT2D eigenvalue weighted by atomic mass is 35.5. The highest BCUT2D eigenvalue weighted by molar-refractivity contribution is 7.89. The molecule has 0 saturated carbocycles. The van der Waals surface area contributed by atoms with Crippen LogP contribution in [0.25, 0.3) is 0 Å². The highest BCUT2D eigenvalue weighted by Gasteiger charge is 2.16. The van der Waals surface area contributed by atoms with Crippen LogP contribution in [-0.4, -0.2) is 34.0 Å². The Hall–Kier alpha value is -1.22. The molecule has 21 heavy (non-hydrogen) atoms. The number of carbonyl (C=O) groups excluding carboxylic acids is 1. The maximum absolute atomic E-state index is 13.5. The van der Waals surface area contributed by atoms with Gasteiger partial charge in [0, 0.05) is 18.7 Å². The molecule has 1 rings (SSSR count). The molecule has 120 valence electrons. The van der Waals surface area contributed by atoms with E-state index in [0.29, 0.717) is 13.1 Å². The number of carbonyl (C=O) groups is 1. The second-order valence-corrected chi connectivity index (χ2v) is 5.73. The van der Waals surface area contributed by atoms with Crippen LogP contribution in [0.1, 0.15) is 23.7 Å². The molecule has 0 heterocycles. The van der Waals surface area contributed by atoms with Crippen LogP contribution in [0, 0.1) is 5.82 Å². The molecule has 0 saturated heterocycles. The van der Waals surface area contributed by atoms with E-state index in [1.54, 1.807) is 0 Å². The average molecular weight is 340 g/mol. The Labute approximate surface area is 129 Å². The first-order chi connectivity index (χ1) is 9.36. The van der Waals surface area contributed by atoms with E-state index in [2.05, 4.69) is 10.6 Å². The molecule has 0 unspecified atom stereocenters. The van der Waals surface area contributed by atoms with Gasteiger partial charge in [-0.2, -0.15) is 0 Å². The number of sulfonamides is 1. The van der Waals surface area contributed by atoms with E-state index in [-0.39, 0.29) is 18.0 Å². The number of halogens is 2. The van der Waals surface area contributed by atoms with Crippen molar-refractivity contribution in [1.29, 1.82) is 0 Å². The summed E-state index contributed by atoms with van der Waals surface area (Å²) >= 11 is 0. The Balaban J connectivity index is 0.00000400. The van der Waals surface area contributed by atoms with Crippen molar-refractivity contribution >= 4 is 28.3 Å². The van der Waals surface area contributed by atoms with Crippen LogP contribution in [0.3, 0.4) is 0 Å². The molecule has 9 heteroatoms. The van der Waals surface area contributed by atoms with E-state index >= 15 is 0 Å². The molecule has 0 spiro atoms. The van der Waals surface area contributed by atoms with Gasteiger partial charge in [-0.05, 0) is 31.2 Å². The van der Waals surface area contributed by atoms with Gasteiger partial charge in [0.15, 0.2) is 0 Å². The van der Waals surface area contributed by atoms with Crippen molar-refractivity contribution in [2.75, 3.05) is 19.6 Å². The topological polar surface area (TPSA) is 101 Å². The lowest BCUT2D eigenvalue weighted by Crippen LogP contribution is -2.32. The minimum Gasteiger partial charge on any atom is -0.351 e. The molecule has 4 N–H and O–H groups in total. The molecule has 0 radical (unpaired) electrons. The molecule has 0 aliphatic heterocycles. The SMILES string of the molecule is CCCNCCNC(=O)c1ccc(S(N)(=O)=O)c(F)c1.Cl. The van der Waals surface area contributed by atoms with Gasteiger partial charge in [0.05, 0.1) is 0 Å². The number of hydrogen-bond donors (Lipinski definition) is 3. The summed E-state index contributed by atoms with van der Waals surface area (Å²) in [5.74, 6) is -1.51. The van der Waals surface area contributed by atoms with Crippen LogP contribution in [0.2, 0.25) is 0 Å². The predicted molar refractivity (Wildman–Crippen MR) is 80.5 cm³/mol. The van der Waals surface area contributed by atoms with Crippen molar-refractivity contribution in [3.63, 3.8) is 0 Å². The molecule has 0 aromatic heterocycles. The van der Waals surface area contributed by atoms with E-state index in [4.69, 9.17) is 5.14 Å². The Morgan fingerprint density at radius 1 is 1.29 bits per heavy atom. The molecule has 0 bridgehead atoms. The van der Waals surface area contributed by atoms with Gasteiger partial charge in [-0.1, -0.05) is 6.92 Å². The number of rotatable bonds is 7. The van der Waals surface area contributed by atoms with Crippen molar-refractivity contribution in [3.05, 3.63) is 29.6 Å². The molecular weight excluding hydrogens is 321 g/mol. The van der Waals surface area contributed by atoms with Gasteiger partial charge in [-0.3, -0.25) is 4.79 Å². The number of amides is 1. The Kier molecular flexibility index (Phi) is 8.41. The molecule has 0 aliphatic carbocycles. The monoisotopic (exact) mass is 339 g/mol. The summed E-state index contributed by atoms with van der Waals surface area (Å²) in [6, 6.07) is 3.06. The van der Waals surface area contributed by atoms with Crippen molar-refractivity contribution < 1.29 is 17.6 Å². The third-order valence-electron chi connectivity index (χ3n) is 2.51. The molecule has 1 aromatic rings. The van der Waals surface area contributed by atoms with E-state index < -0.39 is 26.6 Å². The zero-order chi connectivity index (χ0) is 15.2. The summed E-state index contributed by atoms with van der Waals surface area (Å²) in [5.41, 5.74) is 0.0467. The summed E-state index contributed by atoms with van der Waals surface area (Å²) in [6.07, 6.45) is 0.994. The van der Waals surface area contributed by atoms with E-state index in [1.807, 2.05) is 6.92 Å². The maximum atomic E-state index is 13.5. The van der Waals surface area contributed by atoms with Gasteiger partial charge < -0.3 is 10.6 Å². The van der Waals surface area contributed by atoms with Crippen LogP contribution in [0.4, 0.5) is 4.39 Å². The van der Waals surface area contributed by atoms with E-state index in [9.17, 15) is 17.6 Å². The summed E-state index contributed by atoms with van der Waals surface area (Å²) in [6.45, 7) is 3.89. The lowest BCUT2D eigenvalue weighted by Gasteiger charge is -2.07. The maximum Gasteiger partial charge on any atom is 0.251 e. The Bertz CT molecular complexity index is 581. The largest absolute Gasteiger partial charge is 0.351 e. The first kappa shape index (κ1) is 19.8. The molecule has 0 fully saturated rings. The summed E-state index contributed by atoms with van der Waals surface area (Å²) in [7, 11) is -4.12. The van der Waals surface area contributed by atoms with Crippen molar-refractivity contribution in [3.8, 4) is 0 Å². The molecule has 1 amide bonds. The lowest BCUT2D eigenvalue weighted by atomic mass is 10.2. The molecule has 6 nitrogen and oxygen atoms in total. The fourth-order valence-corrected chi connectivity index (χ4v) is 2.13. The van der Waals surface area contributed by atoms with Crippen molar-refractivity contribution in [2.45, 2.75) is 18.2 Å². The fraction of sp³-hybridized carbons (Fsp3) is 0.417. The average Bonchev–Trinajstić information content (AvgIpc) is 2.36. The smallest absolute Gasteiger partial charge is 0.251 e. The van der Waals surface area contributed by atoms with Crippen LogP contribution in [0.15, 0.2) is 23.1 Å². The van der Waals surface area contributed by atoms with Crippen molar-refractivity contribution in [1.82, 2.24) is 10.6 Å². The first-order valence-electron chi connectivity index (χ1n) is 6.17. The van der Waals surface area contributed by atoms with E-state index in [0.717, 1.165) is 25.1 Å². The molecule has 0 atom stereocenters. The number of primary sulfonamides is 1. The number of nitrogens with two attached hydrogens (primary N) is 1. The van der Waals surface area contributed by atoms with Gasteiger partial charge in [-0.25, -0.2) is 17.9 Å². The Morgan fingerprint density at radius 3 is 2.48 bits per heavy atom. The second kappa shape index (κ2) is 8.93. The summed E-state index contributed by atoms with van der Waals surface area (Å²) in [5, 5.41) is 10.5. The third kappa shape index (κ3) is 6.38. The molecular formula is C12H19ClFN3O3S. The zero-order valence-electron chi connectivity index (χ0n) is 11.6. The highest BCUT2D eigenvalue weighted by Crippen LogP contribution is 2.14. The second-order valence-electron chi connectivity index (χ2n) is 4.20. The fourth-order valence-electron chi connectivity index (χ4n) is 1.54. The van der Waals surface area contributed by atoms with Gasteiger partial charge in [0.2, 0.25) is 10.0 Å². The number of hydrogen-bond acceptors (Lipinski definition) is 4. The number of benzene rings is 1. The van der Waals surface area contributed by atoms with Crippen molar-refractivity contribution in [2.24, 2.45) is 5.14 Å². The Morgan fingerprint density at radius 2 is 1.95 bits per heavy atom. The van der Waals surface area contributed by atoms with Gasteiger partial charge in [0.1, 0.15) is 10.7 Å². The van der Waals surface area contributed by atoms with Crippen LogP contribution >= 0.6 is 12.4 Å². The van der Waals surface area contributed by atoms with Gasteiger partial charge >= 0.3 is 0 Å². The van der Waals surface area contributed by atoms with Gasteiger partial charge in [0.25, 0.3) is 5.91 Å². The normalized spacial score (nSPS) is 10.8. The number of nitrogens with one attached hydrogen (secondary N) is 2.